The maximum absolute atomic E-state index is 12.7. The molecule has 31 heavy (non-hydrogen) atoms. The van der Waals surface area contributed by atoms with Crippen LogP contribution in [0.15, 0.2) is 47.8 Å². The zero-order chi connectivity index (χ0) is 22.1. The van der Waals surface area contributed by atoms with Gasteiger partial charge in [-0.25, -0.2) is 0 Å². The van der Waals surface area contributed by atoms with Crippen LogP contribution in [0.2, 0.25) is 0 Å². The van der Waals surface area contributed by atoms with Crippen LogP contribution in [0.25, 0.3) is 0 Å². The van der Waals surface area contributed by atoms with Gasteiger partial charge in [0.05, 0.1) is 19.6 Å². The number of para-hydroxylation sites is 1. The van der Waals surface area contributed by atoms with E-state index in [2.05, 4.69) is 10.6 Å². The minimum Gasteiger partial charge on any atom is -0.350 e. The molecule has 0 bridgehead atoms. The van der Waals surface area contributed by atoms with E-state index in [1.807, 2.05) is 59.7 Å². The summed E-state index contributed by atoms with van der Waals surface area (Å²) in [6.07, 6.45) is 1.30. The molecule has 8 heteroatoms. The van der Waals surface area contributed by atoms with Crippen LogP contribution in [0.4, 0.5) is 5.69 Å². The lowest BCUT2D eigenvalue weighted by Gasteiger charge is -2.32. The molecule has 1 saturated heterocycles. The Labute approximate surface area is 187 Å². The van der Waals surface area contributed by atoms with Crippen molar-refractivity contribution in [2.24, 2.45) is 5.92 Å². The van der Waals surface area contributed by atoms with Crippen molar-refractivity contribution >= 4 is 34.7 Å². The molecule has 2 N–H and O–H groups in total. The number of hydrogen-bond donors (Lipinski definition) is 2. The maximum atomic E-state index is 12.7. The van der Waals surface area contributed by atoms with Crippen LogP contribution in [-0.4, -0.2) is 60.2 Å². The van der Waals surface area contributed by atoms with Gasteiger partial charge in [-0.1, -0.05) is 31.2 Å². The SMILES string of the molecule is CCN(CC(=O)NCc1cccs1)CC(=O)N1CCC(C(=O)Nc2ccccc2)CC1. The van der Waals surface area contributed by atoms with Crippen LogP contribution in [0.5, 0.6) is 0 Å². The summed E-state index contributed by atoms with van der Waals surface area (Å²) in [4.78, 5) is 42.2. The van der Waals surface area contributed by atoms with Crippen molar-refractivity contribution in [2.75, 3.05) is 38.0 Å². The van der Waals surface area contributed by atoms with Gasteiger partial charge in [0.2, 0.25) is 17.7 Å². The Morgan fingerprint density at radius 3 is 2.45 bits per heavy atom. The first-order chi connectivity index (χ1) is 15.0. The molecular formula is C23H30N4O3S. The average Bonchev–Trinajstić information content (AvgIpc) is 3.31. The number of benzene rings is 1. The van der Waals surface area contributed by atoms with E-state index in [1.54, 1.807) is 16.2 Å². The first kappa shape index (κ1) is 23.0. The molecule has 7 nitrogen and oxygen atoms in total. The van der Waals surface area contributed by atoms with Crippen LogP contribution >= 0.6 is 11.3 Å². The highest BCUT2D eigenvalue weighted by atomic mass is 32.1. The smallest absolute Gasteiger partial charge is 0.236 e. The Balaban J connectivity index is 1.39. The Hall–Kier alpha value is -2.71. The number of likely N-dealkylation sites (N-methyl/N-ethyl adjacent to an activating group) is 1. The van der Waals surface area contributed by atoms with Gasteiger partial charge < -0.3 is 15.5 Å². The molecule has 0 saturated carbocycles. The molecule has 0 spiro atoms. The van der Waals surface area contributed by atoms with Gasteiger partial charge in [-0.15, -0.1) is 11.3 Å². The van der Waals surface area contributed by atoms with Crippen LogP contribution in [-0.2, 0) is 20.9 Å². The number of carbonyl (C=O) groups is 3. The molecule has 0 aliphatic carbocycles. The van der Waals surface area contributed by atoms with Crippen LogP contribution in [0.3, 0.4) is 0 Å². The number of likely N-dealkylation sites (tertiary alicyclic amines) is 1. The van der Waals surface area contributed by atoms with E-state index in [9.17, 15) is 14.4 Å². The highest BCUT2D eigenvalue weighted by Crippen LogP contribution is 2.20. The first-order valence-electron chi connectivity index (χ1n) is 10.7. The van der Waals surface area contributed by atoms with Crippen molar-refractivity contribution in [1.29, 1.82) is 0 Å². The van der Waals surface area contributed by atoms with Crippen LogP contribution in [0.1, 0.15) is 24.6 Å². The van der Waals surface area contributed by atoms with Crippen molar-refractivity contribution in [1.82, 2.24) is 15.1 Å². The third-order valence-corrected chi connectivity index (χ3v) is 6.35. The van der Waals surface area contributed by atoms with E-state index >= 15 is 0 Å². The fourth-order valence-electron chi connectivity index (χ4n) is 3.59. The first-order valence-corrected chi connectivity index (χ1v) is 11.6. The van der Waals surface area contributed by atoms with E-state index in [-0.39, 0.29) is 36.7 Å². The van der Waals surface area contributed by atoms with Crippen molar-refractivity contribution in [3.05, 3.63) is 52.7 Å². The van der Waals surface area contributed by atoms with Gasteiger partial charge >= 0.3 is 0 Å². The summed E-state index contributed by atoms with van der Waals surface area (Å²) in [5.41, 5.74) is 0.793. The molecule has 0 radical (unpaired) electrons. The molecule has 3 amide bonds. The van der Waals surface area contributed by atoms with Crippen LogP contribution < -0.4 is 10.6 Å². The van der Waals surface area contributed by atoms with Gasteiger partial charge in [-0.05, 0) is 43.0 Å². The van der Waals surface area contributed by atoms with Crippen LogP contribution in [0, 0.1) is 5.92 Å². The van der Waals surface area contributed by atoms with E-state index in [0.717, 1.165) is 10.6 Å². The van der Waals surface area contributed by atoms with Gasteiger partial charge in [0, 0.05) is 29.6 Å². The summed E-state index contributed by atoms with van der Waals surface area (Å²) in [5.74, 6) is -0.153. The molecule has 1 aromatic carbocycles. The second kappa shape index (κ2) is 11.6. The van der Waals surface area contributed by atoms with Crippen molar-refractivity contribution in [3.8, 4) is 0 Å². The monoisotopic (exact) mass is 442 g/mol. The lowest BCUT2D eigenvalue weighted by atomic mass is 9.95. The molecular weight excluding hydrogens is 412 g/mol. The van der Waals surface area contributed by atoms with E-state index < -0.39 is 0 Å². The Kier molecular flexibility index (Phi) is 8.61. The number of amides is 3. The highest BCUT2D eigenvalue weighted by Gasteiger charge is 2.28. The largest absolute Gasteiger partial charge is 0.350 e. The second-order valence-corrected chi connectivity index (χ2v) is 8.70. The number of hydrogen-bond acceptors (Lipinski definition) is 5. The zero-order valence-electron chi connectivity index (χ0n) is 17.9. The molecule has 1 aliphatic heterocycles. The number of nitrogens with zero attached hydrogens (tertiary/aromatic N) is 2. The quantitative estimate of drug-likeness (QED) is 0.625. The molecule has 1 fully saturated rings. The number of piperidine rings is 1. The molecule has 1 aliphatic rings. The molecule has 2 aromatic rings. The maximum Gasteiger partial charge on any atom is 0.236 e. The van der Waals surface area contributed by atoms with Gasteiger partial charge in [-0.3, -0.25) is 19.3 Å². The van der Waals surface area contributed by atoms with Gasteiger partial charge in [-0.2, -0.15) is 0 Å². The summed E-state index contributed by atoms with van der Waals surface area (Å²) < 4.78 is 0. The topological polar surface area (TPSA) is 81.8 Å². The Morgan fingerprint density at radius 1 is 1.06 bits per heavy atom. The minimum atomic E-state index is -0.0884. The second-order valence-electron chi connectivity index (χ2n) is 7.67. The summed E-state index contributed by atoms with van der Waals surface area (Å²) in [5, 5.41) is 7.83. The number of thiophene rings is 1. The molecule has 1 aromatic heterocycles. The average molecular weight is 443 g/mol. The number of carbonyl (C=O) groups excluding carboxylic acids is 3. The Morgan fingerprint density at radius 2 is 1.81 bits per heavy atom. The lowest BCUT2D eigenvalue weighted by molar-refractivity contribution is -0.136. The van der Waals surface area contributed by atoms with Gasteiger partial charge in [0.15, 0.2) is 0 Å². The molecule has 0 unspecified atom stereocenters. The lowest BCUT2D eigenvalue weighted by Crippen LogP contribution is -2.47. The standard InChI is InChI=1S/C23H30N4O3S/c1-2-26(16-21(28)24-15-20-9-6-14-31-20)17-22(29)27-12-10-18(11-13-27)23(30)25-19-7-4-3-5-8-19/h3-9,14,18H,2,10-13,15-17H2,1H3,(H,24,28)(H,25,30). The summed E-state index contributed by atoms with van der Waals surface area (Å²) >= 11 is 1.60. The van der Waals surface area contributed by atoms with E-state index in [1.165, 1.54) is 0 Å². The molecule has 2 heterocycles. The number of rotatable bonds is 9. The highest BCUT2D eigenvalue weighted by molar-refractivity contribution is 7.09. The van der Waals surface area contributed by atoms with E-state index in [0.29, 0.717) is 39.0 Å². The van der Waals surface area contributed by atoms with E-state index in [4.69, 9.17) is 0 Å². The summed E-state index contributed by atoms with van der Waals surface area (Å²) in [6, 6.07) is 13.4. The fourth-order valence-corrected chi connectivity index (χ4v) is 4.23. The molecule has 0 atom stereocenters. The minimum absolute atomic E-state index is 0.00910. The van der Waals surface area contributed by atoms with Crippen molar-refractivity contribution in [2.45, 2.75) is 26.3 Å². The predicted molar refractivity (Wildman–Crippen MR) is 123 cm³/mol. The fraction of sp³-hybridized carbons (Fsp3) is 0.435. The summed E-state index contributed by atoms with van der Waals surface area (Å²) in [6.45, 7) is 4.61. The van der Waals surface area contributed by atoms with Crippen molar-refractivity contribution < 1.29 is 14.4 Å². The Bertz CT molecular complexity index is 849. The third kappa shape index (κ3) is 7.18. The zero-order valence-corrected chi connectivity index (χ0v) is 18.7. The number of nitrogens with one attached hydrogen (secondary N) is 2. The van der Waals surface area contributed by atoms with Crippen molar-refractivity contribution in [3.63, 3.8) is 0 Å². The molecule has 166 valence electrons. The van der Waals surface area contributed by atoms with Gasteiger partial charge in [0.1, 0.15) is 0 Å². The van der Waals surface area contributed by atoms with Gasteiger partial charge in [0.25, 0.3) is 0 Å². The predicted octanol–water partition coefficient (Wildman–Crippen LogP) is 2.56. The molecule has 3 rings (SSSR count). The normalized spacial score (nSPS) is 14.5. The number of anilines is 1. The summed E-state index contributed by atoms with van der Waals surface area (Å²) in [7, 11) is 0. The third-order valence-electron chi connectivity index (χ3n) is 5.47.